The third-order valence-corrected chi connectivity index (χ3v) is 11.3. The van der Waals surface area contributed by atoms with Crippen molar-refractivity contribution in [2.24, 2.45) is 17.8 Å². The quantitative estimate of drug-likeness (QED) is 0.288. The Balaban J connectivity index is 1.38. The maximum Gasteiger partial charge on any atom is 0.329 e. The van der Waals surface area contributed by atoms with Gasteiger partial charge in [-0.25, -0.2) is 4.79 Å². The number of rotatable bonds is 9. The number of morpholine rings is 1. The number of ether oxygens (including phenoxy) is 1. The fourth-order valence-electron chi connectivity index (χ4n) is 7.97. The van der Waals surface area contributed by atoms with E-state index in [2.05, 4.69) is 59.0 Å². The molecular weight excluding hydrogens is 566 g/mol. The lowest BCUT2D eigenvalue weighted by atomic mass is 9.80. The normalized spacial score (nSPS) is 28.3. The first-order valence-corrected chi connectivity index (χ1v) is 17.3. The Morgan fingerprint density at radius 2 is 1.84 bits per heavy atom. The predicted molar refractivity (Wildman–Crippen MR) is 177 cm³/mol. The lowest BCUT2D eigenvalue weighted by Crippen LogP contribution is -2.49. The first-order chi connectivity index (χ1) is 21.8. The van der Waals surface area contributed by atoms with Gasteiger partial charge in [-0.1, -0.05) is 56.5 Å². The van der Waals surface area contributed by atoms with Crippen LogP contribution in [-0.4, -0.2) is 68.5 Å². The monoisotopic (exact) mass is 615 g/mol. The molecule has 2 N–H and O–H groups in total. The number of aromatic nitrogens is 4. The second kappa shape index (κ2) is 12.4. The van der Waals surface area contributed by atoms with Crippen LogP contribution in [0.25, 0.3) is 11.2 Å². The zero-order chi connectivity index (χ0) is 31.1. The van der Waals surface area contributed by atoms with Crippen LogP contribution in [0.2, 0.25) is 0 Å². The first-order valence-electron chi connectivity index (χ1n) is 17.3. The molecule has 2 aliphatic carbocycles. The molecule has 2 aromatic heterocycles. The Hall–Kier alpha value is -3.40. The van der Waals surface area contributed by atoms with Crippen molar-refractivity contribution in [2.75, 3.05) is 41.4 Å². The smallest absolute Gasteiger partial charge is 0.329 e. The molecule has 3 atom stereocenters. The number of fused-ring (bicyclic) bond motifs is 1. The Morgan fingerprint density at radius 3 is 2.56 bits per heavy atom. The predicted octanol–water partition coefficient (Wildman–Crippen LogP) is 6.27. The molecule has 7 rings (SSSR count). The van der Waals surface area contributed by atoms with Crippen molar-refractivity contribution in [1.82, 2.24) is 19.5 Å². The summed E-state index contributed by atoms with van der Waals surface area (Å²) in [5.74, 6) is 3.24. The highest BCUT2D eigenvalue weighted by Gasteiger charge is 2.45. The molecule has 2 saturated carbocycles. The van der Waals surface area contributed by atoms with Gasteiger partial charge in [0.15, 0.2) is 11.5 Å². The molecule has 0 amide bonds. The lowest BCUT2D eigenvalue weighted by molar-refractivity contribution is -0.142. The van der Waals surface area contributed by atoms with E-state index in [-0.39, 0.29) is 12.1 Å². The van der Waals surface area contributed by atoms with Crippen LogP contribution in [0.3, 0.4) is 0 Å². The van der Waals surface area contributed by atoms with Crippen LogP contribution < -0.4 is 15.1 Å². The average molecular weight is 616 g/mol. The van der Waals surface area contributed by atoms with Crippen molar-refractivity contribution in [1.29, 1.82) is 0 Å². The number of hydrogen-bond acceptors (Lipinski definition) is 8. The molecule has 4 fully saturated rings. The fraction of sp³-hybridized carbons (Fsp3) is 0.657. The molecule has 242 valence electrons. The van der Waals surface area contributed by atoms with Crippen molar-refractivity contribution >= 4 is 34.8 Å². The number of carboxylic acid groups (broad SMARTS) is 1. The number of nitrogens with zero attached hydrogens (tertiary/aromatic N) is 6. The number of carboxylic acids is 1. The summed E-state index contributed by atoms with van der Waals surface area (Å²) in [5, 5.41) is 14.1. The molecule has 3 aromatic rings. The number of anilines is 3. The first kappa shape index (κ1) is 30.3. The third kappa shape index (κ3) is 5.75. The summed E-state index contributed by atoms with van der Waals surface area (Å²) in [6.07, 6.45) is 9.98. The second-order valence-corrected chi connectivity index (χ2v) is 14.3. The number of benzene rings is 1. The van der Waals surface area contributed by atoms with Crippen LogP contribution in [0.4, 0.5) is 17.7 Å². The standard InChI is InChI=1S/C35H49N7O3/c1-23-13-15-25(16-14-23)21-41-29-30(36-24(2)26-11-7-12-26)37-33(42-18-8-17-35(42,3)32(43)44)38-31(29)39-34(41)40-19-20-45-22-28(40)27-9-5-4-6-10-27/h4-6,9-10,23-26,28H,7-8,11-22H2,1-3H3,(H,43,44)(H,36,37,38)/t23?,24-,25?,28+,35-/m1/s1. The highest BCUT2D eigenvalue weighted by molar-refractivity contribution is 5.89. The molecule has 1 aromatic carbocycles. The molecule has 0 bridgehead atoms. The Labute approximate surface area is 266 Å². The second-order valence-electron chi connectivity index (χ2n) is 14.3. The highest BCUT2D eigenvalue weighted by atomic mass is 16.5. The fourth-order valence-corrected chi connectivity index (χ4v) is 7.97. The minimum atomic E-state index is -1.04. The summed E-state index contributed by atoms with van der Waals surface area (Å²) in [6.45, 7) is 9.86. The van der Waals surface area contributed by atoms with Crippen LogP contribution in [0, 0.1) is 17.8 Å². The summed E-state index contributed by atoms with van der Waals surface area (Å²) in [7, 11) is 0. The molecule has 4 aliphatic rings. The van der Waals surface area contributed by atoms with Gasteiger partial charge in [0.25, 0.3) is 0 Å². The molecule has 4 heterocycles. The topological polar surface area (TPSA) is 109 Å². The SMILES string of the molecule is CC1CCC(Cn2c(N3CCOC[C@H]3c3ccccc3)nc3nc(N4CCC[C@]4(C)C(=O)O)nc(N[C@H](C)C4CCC4)c32)CC1. The summed E-state index contributed by atoms with van der Waals surface area (Å²) in [6, 6.07) is 10.9. The van der Waals surface area contributed by atoms with Gasteiger partial charge < -0.3 is 29.5 Å². The summed E-state index contributed by atoms with van der Waals surface area (Å²) in [4.78, 5) is 32.4. The van der Waals surface area contributed by atoms with E-state index in [0.717, 1.165) is 42.7 Å². The maximum atomic E-state index is 12.5. The van der Waals surface area contributed by atoms with Gasteiger partial charge in [-0.3, -0.25) is 0 Å². The number of aliphatic carboxylic acids is 1. The minimum Gasteiger partial charge on any atom is -0.480 e. The zero-order valence-electron chi connectivity index (χ0n) is 27.1. The zero-order valence-corrected chi connectivity index (χ0v) is 27.1. The highest BCUT2D eigenvalue weighted by Crippen LogP contribution is 2.40. The summed E-state index contributed by atoms with van der Waals surface area (Å²) in [5.41, 5.74) is 1.74. The average Bonchev–Trinajstić information content (AvgIpc) is 3.59. The molecule has 2 aliphatic heterocycles. The van der Waals surface area contributed by atoms with Gasteiger partial charge in [0.2, 0.25) is 11.9 Å². The molecule has 2 saturated heterocycles. The van der Waals surface area contributed by atoms with E-state index >= 15 is 0 Å². The van der Waals surface area contributed by atoms with E-state index in [1.165, 1.54) is 50.5 Å². The number of imidazole rings is 1. The van der Waals surface area contributed by atoms with Crippen molar-refractivity contribution < 1.29 is 14.6 Å². The Bertz CT molecular complexity index is 1500. The van der Waals surface area contributed by atoms with E-state index < -0.39 is 11.5 Å². The van der Waals surface area contributed by atoms with Gasteiger partial charge >= 0.3 is 5.97 Å². The Morgan fingerprint density at radius 1 is 1.07 bits per heavy atom. The molecule has 0 unspecified atom stereocenters. The lowest BCUT2D eigenvalue weighted by Gasteiger charge is -2.37. The molecule has 10 heteroatoms. The summed E-state index contributed by atoms with van der Waals surface area (Å²) >= 11 is 0. The van der Waals surface area contributed by atoms with Crippen molar-refractivity contribution in [3.05, 3.63) is 35.9 Å². The van der Waals surface area contributed by atoms with Crippen molar-refractivity contribution in [3.63, 3.8) is 0 Å². The molecule has 0 spiro atoms. The maximum absolute atomic E-state index is 12.5. The van der Waals surface area contributed by atoms with Crippen LogP contribution in [0.5, 0.6) is 0 Å². The summed E-state index contributed by atoms with van der Waals surface area (Å²) < 4.78 is 8.44. The largest absolute Gasteiger partial charge is 0.480 e. The van der Waals surface area contributed by atoms with Crippen molar-refractivity contribution in [2.45, 2.75) is 103 Å². The number of hydrogen-bond donors (Lipinski definition) is 2. The van der Waals surface area contributed by atoms with Gasteiger partial charge in [0.05, 0.1) is 19.3 Å². The third-order valence-electron chi connectivity index (χ3n) is 11.3. The number of carbonyl (C=O) groups is 1. The van der Waals surface area contributed by atoms with Gasteiger partial charge in [-0.05, 0) is 75.7 Å². The van der Waals surface area contributed by atoms with E-state index in [9.17, 15) is 9.90 Å². The number of nitrogens with one attached hydrogen (secondary N) is 1. The van der Waals surface area contributed by atoms with E-state index in [1.807, 2.05) is 4.90 Å². The van der Waals surface area contributed by atoms with E-state index in [0.29, 0.717) is 49.6 Å². The van der Waals surface area contributed by atoms with Gasteiger partial charge in [0, 0.05) is 25.7 Å². The van der Waals surface area contributed by atoms with Crippen LogP contribution in [0.15, 0.2) is 30.3 Å². The Kier molecular flexibility index (Phi) is 8.35. The van der Waals surface area contributed by atoms with Crippen molar-refractivity contribution in [3.8, 4) is 0 Å². The van der Waals surface area contributed by atoms with Crippen LogP contribution >= 0.6 is 0 Å². The van der Waals surface area contributed by atoms with E-state index in [4.69, 9.17) is 19.7 Å². The van der Waals surface area contributed by atoms with Gasteiger partial charge in [-0.15, -0.1) is 0 Å². The van der Waals surface area contributed by atoms with Crippen LogP contribution in [0.1, 0.15) is 90.2 Å². The van der Waals surface area contributed by atoms with Crippen LogP contribution in [-0.2, 0) is 16.1 Å². The van der Waals surface area contributed by atoms with Gasteiger partial charge in [0.1, 0.15) is 11.1 Å². The molecule has 0 radical (unpaired) electrons. The minimum absolute atomic E-state index is 0.0357. The van der Waals surface area contributed by atoms with Gasteiger partial charge in [-0.2, -0.15) is 15.0 Å². The van der Waals surface area contributed by atoms with E-state index in [1.54, 1.807) is 6.92 Å². The molecule has 45 heavy (non-hydrogen) atoms. The molecule has 10 nitrogen and oxygen atoms in total. The molecular formula is C35H49N7O3.